The van der Waals surface area contributed by atoms with Gasteiger partial charge in [-0.15, -0.1) is 0 Å². The molecule has 2 heteroatoms. The molecule has 0 spiro atoms. The van der Waals surface area contributed by atoms with Crippen molar-refractivity contribution in [2.75, 3.05) is 7.05 Å². The lowest BCUT2D eigenvalue weighted by atomic mass is 9.94. The van der Waals surface area contributed by atoms with Crippen LogP contribution in [0, 0.1) is 0 Å². The number of likely N-dealkylation sites (N-methyl/N-ethyl adjacent to an activating group) is 1. The first-order valence-electron chi connectivity index (χ1n) is 6.76. The van der Waals surface area contributed by atoms with Crippen molar-refractivity contribution in [3.05, 3.63) is 0 Å². The van der Waals surface area contributed by atoms with E-state index in [4.69, 9.17) is 0 Å². The summed E-state index contributed by atoms with van der Waals surface area (Å²) in [6.07, 6.45) is 9.60. The molecule has 0 aromatic heterocycles. The van der Waals surface area contributed by atoms with Crippen LogP contribution in [0.25, 0.3) is 0 Å². The smallest absolute Gasteiger partial charge is 0.152 e. The van der Waals surface area contributed by atoms with Gasteiger partial charge in [-0.25, -0.2) is 0 Å². The zero-order chi connectivity index (χ0) is 12.4. The summed E-state index contributed by atoms with van der Waals surface area (Å²) in [4.78, 5) is 11.8. The second kappa shape index (κ2) is 8.74. The van der Waals surface area contributed by atoms with Crippen molar-refractivity contribution in [3.63, 3.8) is 0 Å². The monoisotopic (exact) mass is 227 g/mol. The van der Waals surface area contributed by atoms with E-state index in [1.807, 2.05) is 20.9 Å². The number of hydrogen-bond donors (Lipinski definition) is 1. The second-order valence-electron chi connectivity index (χ2n) is 5.17. The number of carbonyl (C=O) groups is 1. The fraction of sp³-hybridized carbons (Fsp3) is 0.929. The van der Waals surface area contributed by atoms with Crippen molar-refractivity contribution in [2.45, 2.75) is 77.7 Å². The SMILES string of the molecule is CCCCCCCCCC(=O)C(C)(C)NC. The lowest BCUT2D eigenvalue weighted by Crippen LogP contribution is -2.44. The zero-order valence-electron chi connectivity index (χ0n) is 11.6. The van der Waals surface area contributed by atoms with E-state index in [1.54, 1.807) is 0 Å². The minimum absolute atomic E-state index is 0.337. The van der Waals surface area contributed by atoms with Gasteiger partial charge in [-0.1, -0.05) is 45.4 Å². The van der Waals surface area contributed by atoms with Crippen molar-refractivity contribution in [3.8, 4) is 0 Å². The van der Waals surface area contributed by atoms with Gasteiger partial charge in [0.2, 0.25) is 0 Å². The second-order valence-corrected chi connectivity index (χ2v) is 5.17. The highest BCUT2D eigenvalue weighted by atomic mass is 16.1. The van der Waals surface area contributed by atoms with Crippen molar-refractivity contribution >= 4 is 5.78 Å². The Kier molecular flexibility index (Phi) is 8.54. The third-order valence-corrected chi connectivity index (χ3v) is 3.33. The molecule has 96 valence electrons. The molecule has 0 unspecified atom stereocenters. The lowest BCUT2D eigenvalue weighted by molar-refractivity contribution is -0.124. The quantitative estimate of drug-likeness (QED) is 0.577. The fourth-order valence-corrected chi connectivity index (χ4v) is 1.69. The molecule has 0 saturated carbocycles. The van der Waals surface area contributed by atoms with Gasteiger partial charge in [-0.05, 0) is 27.3 Å². The highest BCUT2D eigenvalue weighted by Gasteiger charge is 2.23. The van der Waals surface area contributed by atoms with E-state index in [9.17, 15) is 4.79 Å². The molecule has 0 aliphatic heterocycles. The van der Waals surface area contributed by atoms with E-state index in [0.29, 0.717) is 5.78 Å². The molecular weight excluding hydrogens is 198 g/mol. The summed E-state index contributed by atoms with van der Waals surface area (Å²) in [5.74, 6) is 0.337. The molecule has 0 aliphatic carbocycles. The lowest BCUT2D eigenvalue weighted by Gasteiger charge is -2.22. The molecule has 0 fully saturated rings. The Bertz CT molecular complexity index is 187. The van der Waals surface area contributed by atoms with E-state index < -0.39 is 0 Å². The number of hydrogen-bond acceptors (Lipinski definition) is 2. The summed E-state index contributed by atoms with van der Waals surface area (Å²) in [6.45, 7) is 6.14. The maximum Gasteiger partial charge on any atom is 0.152 e. The summed E-state index contributed by atoms with van der Waals surface area (Å²) >= 11 is 0. The molecule has 0 amide bonds. The summed E-state index contributed by atoms with van der Waals surface area (Å²) in [5, 5.41) is 3.06. The van der Waals surface area contributed by atoms with Crippen molar-refractivity contribution in [2.24, 2.45) is 0 Å². The summed E-state index contributed by atoms with van der Waals surface area (Å²) in [7, 11) is 1.85. The molecule has 2 nitrogen and oxygen atoms in total. The molecule has 0 aromatic rings. The Morgan fingerprint density at radius 3 is 2.00 bits per heavy atom. The third-order valence-electron chi connectivity index (χ3n) is 3.33. The highest BCUT2D eigenvalue weighted by molar-refractivity contribution is 5.87. The van der Waals surface area contributed by atoms with Gasteiger partial charge in [0.1, 0.15) is 0 Å². The van der Waals surface area contributed by atoms with Gasteiger partial charge in [-0.3, -0.25) is 4.79 Å². The summed E-state index contributed by atoms with van der Waals surface area (Å²) in [6, 6.07) is 0. The number of rotatable bonds is 10. The third kappa shape index (κ3) is 7.00. The van der Waals surface area contributed by atoms with Crippen LogP contribution < -0.4 is 5.32 Å². The van der Waals surface area contributed by atoms with Crippen molar-refractivity contribution < 1.29 is 4.79 Å². The van der Waals surface area contributed by atoms with E-state index in [2.05, 4.69) is 12.2 Å². The molecule has 0 atom stereocenters. The number of ketones is 1. The largest absolute Gasteiger partial charge is 0.308 e. The minimum Gasteiger partial charge on any atom is -0.308 e. The maximum atomic E-state index is 11.8. The Hall–Kier alpha value is -0.370. The van der Waals surface area contributed by atoms with Gasteiger partial charge in [0, 0.05) is 6.42 Å². The topological polar surface area (TPSA) is 29.1 Å². The highest BCUT2D eigenvalue weighted by Crippen LogP contribution is 2.12. The average molecular weight is 227 g/mol. The van der Waals surface area contributed by atoms with Crippen LogP contribution in [0.1, 0.15) is 72.1 Å². The van der Waals surface area contributed by atoms with Gasteiger partial charge in [0.05, 0.1) is 5.54 Å². The number of unbranched alkanes of at least 4 members (excludes halogenated alkanes) is 6. The molecule has 0 rings (SSSR count). The molecule has 0 heterocycles. The van der Waals surface area contributed by atoms with Gasteiger partial charge >= 0.3 is 0 Å². The van der Waals surface area contributed by atoms with Crippen molar-refractivity contribution in [1.29, 1.82) is 0 Å². The van der Waals surface area contributed by atoms with Crippen LogP contribution in [0.15, 0.2) is 0 Å². The van der Waals surface area contributed by atoms with E-state index in [1.165, 1.54) is 38.5 Å². The molecule has 16 heavy (non-hydrogen) atoms. The molecule has 0 radical (unpaired) electrons. The van der Waals surface area contributed by atoms with Gasteiger partial charge in [-0.2, -0.15) is 0 Å². The molecule has 1 N–H and O–H groups in total. The molecular formula is C14H29NO. The van der Waals surface area contributed by atoms with Gasteiger partial charge in [0.25, 0.3) is 0 Å². The van der Waals surface area contributed by atoms with Crippen LogP contribution in [0.3, 0.4) is 0 Å². The standard InChI is InChI=1S/C14H29NO/c1-5-6-7-8-9-10-11-12-13(16)14(2,3)15-4/h15H,5-12H2,1-4H3. The number of Topliss-reactive ketones (excluding diaryl/α,β-unsaturated/α-hetero) is 1. The van der Waals surface area contributed by atoms with Crippen LogP contribution in [0.4, 0.5) is 0 Å². The number of nitrogens with one attached hydrogen (secondary N) is 1. The van der Waals surface area contributed by atoms with E-state index in [0.717, 1.165) is 12.8 Å². The normalized spacial score (nSPS) is 11.8. The Morgan fingerprint density at radius 1 is 1.00 bits per heavy atom. The number of carbonyl (C=O) groups excluding carboxylic acids is 1. The van der Waals surface area contributed by atoms with E-state index >= 15 is 0 Å². The first-order valence-corrected chi connectivity index (χ1v) is 6.76. The molecule has 0 aliphatic rings. The first kappa shape index (κ1) is 15.6. The van der Waals surface area contributed by atoms with Gasteiger partial charge < -0.3 is 5.32 Å². The van der Waals surface area contributed by atoms with E-state index in [-0.39, 0.29) is 5.54 Å². The molecule has 0 saturated heterocycles. The minimum atomic E-state index is -0.345. The van der Waals surface area contributed by atoms with Crippen LogP contribution in [0.5, 0.6) is 0 Å². The van der Waals surface area contributed by atoms with Gasteiger partial charge in [0.15, 0.2) is 5.78 Å². The van der Waals surface area contributed by atoms with Crippen molar-refractivity contribution in [1.82, 2.24) is 5.32 Å². The molecule has 0 aromatic carbocycles. The fourth-order valence-electron chi connectivity index (χ4n) is 1.69. The van der Waals surface area contributed by atoms with Crippen LogP contribution in [-0.4, -0.2) is 18.4 Å². The maximum absolute atomic E-state index is 11.8. The van der Waals surface area contributed by atoms with Crippen LogP contribution in [-0.2, 0) is 4.79 Å². The first-order chi connectivity index (χ1) is 7.54. The van der Waals surface area contributed by atoms with Crippen LogP contribution >= 0.6 is 0 Å². The Morgan fingerprint density at radius 2 is 1.50 bits per heavy atom. The Balaban J connectivity index is 3.42. The molecule has 0 bridgehead atoms. The Labute approximate surface area is 101 Å². The zero-order valence-corrected chi connectivity index (χ0v) is 11.6. The summed E-state index contributed by atoms with van der Waals surface area (Å²) in [5.41, 5.74) is -0.345. The predicted molar refractivity (Wildman–Crippen MR) is 70.8 cm³/mol. The summed E-state index contributed by atoms with van der Waals surface area (Å²) < 4.78 is 0. The van der Waals surface area contributed by atoms with Crippen LogP contribution in [0.2, 0.25) is 0 Å². The predicted octanol–water partition coefficient (Wildman–Crippen LogP) is 3.69. The average Bonchev–Trinajstić information content (AvgIpc) is 2.27.